The van der Waals surface area contributed by atoms with Crippen LogP contribution in [0.2, 0.25) is 0 Å². The van der Waals surface area contributed by atoms with Crippen molar-refractivity contribution in [2.24, 2.45) is 0 Å². The van der Waals surface area contributed by atoms with E-state index in [0.717, 1.165) is 22.5 Å². The highest BCUT2D eigenvalue weighted by atomic mass is 32.1. The van der Waals surface area contributed by atoms with E-state index in [2.05, 4.69) is 15.3 Å². The molecule has 1 unspecified atom stereocenters. The first-order valence-corrected chi connectivity index (χ1v) is 6.71. The number of carboxylic acids is 1. The number of hydrogen-bond donors (Lipinski definition) is 2. The molecule has 2 rings (SSSR count). The van der Waals surface area contributed by atoms with Crippen LogP contribution in [0.3, 0.4) is 0 Å². The van der Waals surface area contributed by atoms with Crippen LogP contribution in [0.25, 0.3) is 10.2 Å². The lowest BCUT2D eigenvalue weighted by molar-refractivity contribution is -0.137. The second-order valence-corrected chi connectivity index (χ2v) is 5.09. The number of hydrogen-bond acceptors (Lipinski definition) is 5. The predicted octanol–water partition coefficient (Wildman–Crippen LogP) is 2.75. The van der Waals surface area contributed by atoms with Crippen LogP contribution in [-0.2, 0) is 4.79 Å². The summed E-state index contributed by atoms with van der Waals surface area (Å²) in [6.07, 6.45) is 3.23. The summed E-state index contributed by atoms with van der Waals surface area (Å²) in [5, 5.41) is 14.9. The molecule has 0 spiro atoms. The Morgan fingerprint density at radius 2 is 2.39 bits per heavy atom. The Morgan fingerprint density at radius 3 is 3.17 bits per heavy atom. The normalized spacial score (nSPS) is 12.5. The second-order valence-electron chi connectivity index (χ2n) is 4.19. The lowest BCUT2D eigenvalue weighted by atomic mass is 10.1. The number of rotatable bonds is 6. The van der Waals surface area contributed by atoms with Crippen LogP contribution < -0.4 is 5.32 Å². The number of carboxylic acid groups (broad SMARTS) is 1. The van der Waals surface area contributed by atoms with Gasteiger partial charge in [-0.1, -0.05) is 0 Å². The smallest absolute Gasteiger partial charge is 0.303 e. The molecule has 2 aromatic rings. The molecule has 96 valence electrons. The van der Waals surface area contributed by atoms with Gasteiger partial charge in [0.1, 0.15) is 17.0 Å². The van der Waals surface area contributed by atoms with Crippen LogP contribution in [0.5, 0.6) is 0 Å². The highest BCUT2D eigenvalue weighted by molar-refractivity contribution is 7.16. The lowest BCUT2D eigenvalue weighted by Crippen LogP contribution is -2.16. The number of carbonyl (C=O) groups is 1. The second kappa shape index (κ2) is 5.77. The van der Waals surface area contributed by atoms with Crippen LogP contribution >= 0.6 is 11.3 Å². The molecule has 1 atom stereocenters. The van der Waals surface area contributed by atoms with Crippen molar-refractivity contribution >= 4 is 33.3 Å². The molecule has 2 heterocycles. The molecule has 18 heavy (non-hydrogen) atoms. The van der Waals surface area contributed by atoms with Gasteiger partial charge < -0.3 is 10.4 Å². The highest BCUT2D eigenvalue weighted by Crippen LogP contribution is 2.24. The van der Waals surface area contributed by atoms with Crippen LogP contribution in [0.15, 0.2) is 17.8 Å². The van der Waals surface area contributed by atoms with E-state index >= 15 is 0 Å². The molecule has 0 saturated heterocycles. The van der Waals surface area contributed by atoms with Crippen molar-refractivity contribution in [3.8, 4) is 0 Å². The zero-order valence-corrected chi connectivity index (χ0v) is 10.9. The Morgan fingerprint density at radius 1 is 1.56 bits per heavy atom. The van der Waals surface area contributed by atoms with Gasteiger partial charge in [0.15, 0.2) is 0 Å². The quantitative estimate of drug-likeness (QED) is 0.840. The van der Waals surface area contributed by atoms with Gasteiger partial charge in [0.25, 0.3) is 0 Å². The summed E-state index contributed by atoms with van der Waals surface area (Å²) < 4.78 is 0. The van der Waals surface area contributed by atoms with Gasteiger partial charge in [-0.3, -0.25) is 4.79 Å². The van der Waals surface area contributed by atoms with E-state index in [1.807, 2.05) is 18.4 Å². The molecule has 0 aliphatic rings. The minimum absolute atomic E-state index is 0.197. The number of anilines is 1. The average molecular weight is 265 g/mol. The number of aromatic nitrogens is 2. The fraction of sp³-hybridized carbons (Fsp3) is 0.417. The highest BCUT2D eigenvalue weighted by Gasteiger charge is 2.08. The van der Waals surface area contributed by atoms with Crippen LogP contribution in [0.4, 0.5) is 5.82 Å². The summed E-state index contributed by atoms with van der Waals surface area (Å²) in [6, 6.07) is 2.19. The number of fused-ring (bicyclic) bond motifs is 1. The maximum atomic E-state index is 10.4. The van der Waals surface area contributed by atoms with Crippen molar-refractivity contribution in [2.75, 3.05) is 5.32 Å². The summed E-state index contributed by atoms with van der Waals surface area (Å²) >= 11 is 1.58. The summed E-state index contributed by atoms with van der Waals surface area (Å²) in [5.41, 5.74) is 0. The first-order chi connectivity index (χ1) is 8.66. The molecule has 0 radical (unpaired) electrons. The van der Waals surface area contributed by atoms with Gasteiger partial charge in [-0.2, -0.15) is 0 Å². The SMILES string of the molecule is CC(CCCC(=O)O)Nc1ncnc2sccc12. The summed E-state index contributed by atoms with van der Waals surface area (Å²) in [5.74, 6) is 0.0773. The molecule has 0 bridgehead atoms. The average Bonchev–Trinajstić information content (AvgIpc) is 2.77. The number of thiophene rings is 1. The van der Waals surface area contributed by atoms with Crippen molar-refractivity contribution in [3.05, 3.63) is 17.8 Å². The molecule has 0 fully saturated rings. The fourth-order valence-corrected chi connectivity index (χ4v) is 2.50. The van der Waals surface area contributed by atoms with Gasteiger partial charge in [0, 0.05) is 12.5 Å². The Labute approximate surface area is 109 Å². The largest absolute Gasteiger partial charge is 0.481 e. The third kappa shape index (κ3) is 3.16. The minimum atomic E-state index is -0.746. The maximum Gasteiger partial charge on any atom is 0.303 e. The van der Waals surface area contributed by atoms with Crippen molar-refractivity contribution in [2.45, 2.75) is 32.2 Å². The predicted molar refractivity (Wildman–Crippen MR) is 72.0 cm³/mol. The Bertz CT molecular complexity index is 541. The van der Waals surface area contributed by atoms with E-state index in [1.165, 1.54) is 0 Å². The Kier molecular flexibility index (Phi) is 4.09. The van der Waals surface area contributed by atoms with E-state index in [-0.39, 0.29) is 12.5 Å². The monoisotopic (exact) mass is 265 g/mol. The van der Waals surface area contributed by atoms with E-state index in [4.69, 9.17) is 5.11 Å². The third-order valence-electron chi connectivity index (χ3n) is 2.67. The van der Waals surface area contributed by atoms with Gasteiger partial charge in [0.2, 0.25) is 0 Å². The maximum absolute atomic E-state index is 10.4. The van der Waals surface area contributed by atoms with Crippen molar-refractivity contribution in [3.63, 3.8) is 0 Å². The van der Waals surface area contributed by atoms with E-state index in [0.29, 0.717) is 6.42 Å². The first-order valence-electron chi connectivity index (χ1n) is 5.83. The van der Waals surface area contributed by atoms with Crippen molar-refractivity contribution < 1.29 is 9.90 Å². The van der Waals surface area contributed by atoms with E-state index < -0.39 is 5.97 Å². The van der Waals surface area contributed by atoms with Gasteiger partial charge in [-0.25, -0.2) is 9.97 Å². The Balaban J connectivity index is 1.96. The minimum Gasteiger partial charge on any atom is -0.481 e. The summed E-state index contributed by atoms with van der Waals surface area (Å²) in [6.45, 7) is 2.03. The molecular formula is C12H15N3O2S. The summed E-state index contributed by atoms with van der Waals surface area (Å²) in [7, 11) is 0. The zero-order valence-electron chi connectivity index (χ0n) is 10.1. The van der Waals surface area contributed by atoms with Crippen LogP contribution in [-0.4, -0.2) is 27.1 Å². The van der Waals surface area contributed by atoms with Crippen molar-refractivity contribution in [1.29, 1.82) is 0 Å². The zero-order chi connectivity index (χ0) is 13.0. The third-order valence-corrected chi connectivity index (χ3v) is 3.49. The van der Waals surface area contributed by atoms with E-state index in [1.54, 1.807) is 17.7 Å². The first kappa shape index (κ1) is 12.8. The molecule has 0 amide bonds. The van der Waals surface area contributed by atoms with E-state index in [9.17, 15) is 4.79 Å². The fourth-order valence-electron chi connectivity index (χ4n) is 1.77. The van der Waals surface area contributed by atoms with Gasteiger partial charge >= 0.3 is 5.97 Å². The molecule has 5 nitrogen and oxygen atoms in total. The Hall–Kier alpha value is -1.69. The van der Waals surface area contributed by atoms with Crippen LogP contribution in [0, 0.1) is 0 Å². The summed E-state index contributed by atoms with van der Waals surface area (Å²) in [4.78, 5) is 19.8. The molecule has 0 aliphatic carbocycles. The molecule has 0 aromatic carbocycles. The van der Waals surface area contributed by atoms with Crippen LogP contribution in [0.1, 0.15) is 26.2 Å². The van der Waals surface area contributed by atoms with Gasteiger partial charge in [-0.05, 0) is 31.2 Å². The topological polar surface area (TPSA) is 75.1 Å². The molecule has 2 aromatic heterocycles. The number of nitrogens with one attached hydrogen (secondary N) is 1. The molecule has 0 aliphatic heterocycles. The molecule has 2 N–H and O–H groups in total. The number of aliphatic carboxylic acids is 1. The number of nitrogens with zero attached hydrogens (tertiary/aromatic N) is 2. The van der Waals surface area contributed by atoms with Crippen molar-refractivity contribution in [1.82, 2.24) is 9.97 Å². The van der Waals surface area contributed by atoms with Gasteiger partial charge in [-0.15, -0.1) is 11.3 Å². The molecule has 0 saturated carbocycles. The van der Waals surface area contributed by atoms with Gasteiger partial charge in [0.05, 0.1) is 5.39 Å². The molecule has 6 heteroatoms. The standard InChI is InChI=1S/C12H15N3O2S/c1-8(3-2-4-10(16)17)15-11-9-5-6-18-12(9)14-7-13-11/h5-8H,2-4H2,1H3,(H,16,17)(H,13,14,15). The molecular weight excluding hydrogens is 250 g/mol. The lowest BCUT2D eigenvalue weighted by Gasteiger charge is -2.14.